The molecule has 4 nitrogen and oxygen atoms in total. The van der Waals surface area contributed by atoms with Crippen molar-refractivity contribution in [3.63, 3.8) is 0 Å². The van der Waals surface area contributed by atoms with Gasteiger partial charge in [-0.3, -0.25) is 0 Å². The predicted octanol–water partition coefficient (Wildman–Crippen LogP) is 3.10. The van der Waals surface area contributed by atoms with E-state index in [4.69, 9.17) is 0 Å². The molecule has 1 aromatic heterocycles. The fraction of sp³-hybridized carbons (Fsp3) is 0.733. The third kappa shape index (κ3) is 5.36. The van der Waals surface area contributed by atoms with Gasteiger partial charge in [-0.1, -0.05) is 26.7 Å². The average molecular weight is 331 g/mol. The lowest BCUT2D eigenvalue weighted by molar-refractivity contribution is 0.496. The summed E-state index contributed by atoms with van der Waals surface area (Å²) in [6.45, 7) is 5.86. The SMILES string of the molecule is CCCNCc1ccc(S(=O)(=O)NC(CC)CC2CC2)s1. The first kappa shape index (κ1) is 16.9. The Labute approximate surface area is 132 Å². The molecular weight excluding hydrogens is 304 g/mol. The van der Waals surface area contributed by atoms with Crippen LogP contribution in [0, 0.1) is 5.92 Å². The second kappa shape index (κ2) is 7.72. The third-order valence-corrected chi connectivity index (χ3v) is 6.85. The largest absolute Gasteiger partial charge is 0.312 e. The van der Waals surface area contributed by atoms with E-state index in [1.807, 2.05) is 13.0 Å². The smallest absolute Gasteiger partial charge is 0.250 e. The van der Waals surface area contributed by atoms with Gasteiger partial charge in [-0.15, -0.1) is 11.3 Å². The van der Waals surface area contributed by atoms with Gasteiger partial charge in [-0.05, 0) is 43.9 Å². The van der Waals surface area contributed by atoms with Gasteiger partial charge in [0.25, 0.3) is 0 Å². The number of hydrogen-bond donors (Lipinski definition) is 2. The molecule has 1 aliphatic carbocycles. The van der Waals surface area contributed by atoms with Crippen LogP contribution in [0.25, 0.3) is 0 Å². The van der Waals surface area contributed by atoms with Gasteiger partial charge in [0.05, 0.1) is 0 Å². The molecular formula is C15H26N2O2S2. The Hall–Kier alpha value is -0.430. The Morgan fingerprint density at radius 3 is 2.71 bits per heavy atom. The van der Waals surface area contributed by atoms with Gasteiger partial charge in [0.2, 0.25) is 10.0 Å². The van der Waals surface area contributed by atoms with E-state index in [2.05, 4.69) is 17.0 Å². The molecule has 1 aromatic rings. The van der Waals surface area contributed by atoms with Crippen molar-refractivity contribution in [2.45, 2.75) is 62.7 Å². The van der Waals surface area contributed by atoms with Crippen LogP contribution in [0.1, 0.15) is 50.8 Å². The average Bonchev–Trinajstić information content (AvgIpc) is 3.12. The Morgan fingerprint density at radius 2 is 2.10 bits per heavy atom. The van der Waals surface area contributed by atoms with Gasteiger partial charge in [-0.2, -0.15) is 0 Å². The van der Waals surface area contributed by atoms with Crippen LogP contribution in [-0.2, 0) is 16.6 Å². The number of nitrogens with one attached hydrogen (secondary N) is 2. The van der Waals surface area contributed by atoms with Gasteiger partial charge >= 0.3 is 0 Å². The number of sulfonamides is 1. The molecule has 0 aromatic carbocycles. The van der Waals surface area contributed by atoms with Crippen molar-refractivity contribution in [2.75, 3.05) is 6.54 Å². The number of rotatable bonds is 10. The summed E-state index contributed by atoms with van der Waals surface area (Å²) in [6.07, 6.45) is 5.42. The first-order valence-corrected chi connectivity index (χ1v) is 10.2. The van der Waals surface area contributed by atoms with E-state index in [1.165, 1.54) is 24.2 Å². The molecule has 1 heterocycles. The summed E-state index contributed by atoms with van der Waals surface area (Å²) in [7, 11) is -3.36. The molecule has 0 bridgehead atoms. The van der Waals surface area contributed by atoms with Gasteiger partial charge in [-0.25, -0.2) is 13.1 Å². The van der Waals surface area contributed by atoms with E-state index in [1.54, 1.807) is 6.07 Å². The fourth-order valence-corrected chi connectivity index (χ4v) is 4.99. The molecule has 21 heavy (non-hydrogen) atoms. The molecule has 1 atom stereocenters. The Morgan fingerprint density at radius 1 is 1.33 bits per heavy atom. The highest BCUT2D eigenvalue weighted by molar-refractivity contribution is 7.91. The van der Waals surface area contributed by atoms with E-state index >= 15 is 0 Å². The van der Waals surface area contributed by atoms with Gasteiger partial charge < -0.3 is 5.32 Å². The summed E-state index contributed by atoms with van der Waals surface area (Å²) in [5, 5.41) is 3.30. The fourth-order valence-electron chi connectivity index (χ4n) is 2.32. The van der Waals surface area contributed by atoms with Crippen molar-refractivity contribution >= 4 is 21.4 Å². The van der Waals surface area contributed by atoms with Crippen LogP contribution in [-0.4, -0.2) is 21.0 Å². The van der Waals surface area contributed by atoms with Crippen LogP contribution in [0.2, 0.25) is 0 Å². The lowest BCUT2D eigenvalue weighted by Crippen LogP contribution is -2.34. The molecule has 2 rings (SSSR count). The van der Waals surface area contributed by atoms with Crippen LogP contribution in [0.3, 0.4) is 0 Å². The molecule has 1 aliphatic rings. The lowest BCUT2D eigenvalue weighted by atomic mass is 10.1. The Balaban J connectivity index is 1.94. The van der Waals surface area contributed by atoms with Crippen molar-refractivity contribution in [3.05, 3.63) is 17.0 Å². The monoisotopic (exact) mass is 330 g/mol. The number of hydrogen-bond acceptors (Lipinski definition) is 4. The first-order chi connectivity index (χ1) is 10.0. The molecule has 6 heteroatoms. The standard InChI is InChI=1S/C15H26N2O2S2/c1-3-9-16-11-14-7-8-15(20-14)21(18,19)17-13(4-2)10-12-5-6-12/h7-8,12-13,16-17H,3-6,9-11H2,1-2H3. The minimum Gasteiger partial charge on any atom is -0.312 e. The van der Waals surface area contributed by atoms with E-state index in [0.717, 1.165) is 43.1 Å². The van der Waals surface area contributed by atoms with Crippen LogP contribution >= 0.6 is 11.3 Å². The first-order valence-electron chi connectivity index (χ1n) is 7.87. The molecule has 2 N–H and O–H groups in total. The van der Waals surface area contributed by atoms with Crippen LogP contribution < -0.4 is 10.0 Å². The summed E-state index contributed by atoms with van der Waals surface area (Å²) in [4.78, 5) is 1.07. The van der Waals surface area contributed by atoms with Crippen LogP contribution in [0.5, 0.6) is 0 Å². The quantitative estimate of drug-likeness (QED) is 0.648. The summed E-state index contributed by atoms with van der Waals surface area (Å²) in [5.74, 6) is 0.731. The highest BCUT2D eigenvalue weighted by Crippen LogP contribution is 2.34. The molecule has 0 saturated heterocycles. The molecule has 120 valence electrons. The van der Waals surface area contributed by atoms with Crippen molar-refractivity contribution in [1.82, 2.24) is 10.0 Å². The third-order valence-electron chi connectivity index (χ3n) is 3.76. The minimum absolute atomic E-state index is 0.0752. The van der Waals surface area contributed by atoms with E-state index < -0.39 is 10.0 Å². The van der Waals surface area contributed by atoms with Gasteiger partial charge in [0.1, 0.15) is 4.21 Å². The zero-order chi connectivity index (χ0) is 15.3. The number of thiophene rings is 1. The molecule has 0 amide bonds. The van der Waals surface area contributed by atoms with Gasteiger partial charge in [0.15, 0.2) is 0 Å². The van der Waals surface area contributed by atoms with Crippen LogP contribution in [0.15, 0.2) is 16.3 Å². The zero-order valence-corrected chi connectivity index (χ0v) is 14.5. The summed E-state index contributed by atoms with van der Waals surface area (Å²) in [5.41, 5.74) is 0. The highest BCUT2D eigenvalue weighted by Gasteiger charge is 2.28. The topological polar surface area (TPSA) is 58.2 Å². The van der Waals surface area contributed by atoms with Crippen molar-refractivity contribution in [1.29, 1.82) is 0 Å². The second-order valence-corrected chi connectivity index (χ2v) is 8.91. The maximum atomic E-state index is 12.4. The molecule has 1 saturated carbocycles. The maximum absolute atomic E-state index is 12.4. The van der Waals surface area contributed by atoms with Crippen molar-refractivity contribution in [2.24, 2.45) is 5.92 Å². The molecule has 1 fully saturated rings. The summed E-state index contributed by atoms with van der Waals surface area (Å²) < 4.78 is 28.2. The predicted molar refractivity (Wildman–Crippen MR) is 88.1 cm³/mol. The van der Waals surface area contributed by atoms with E-state index in [9.17, 15) is 8.42 Å². The Kier molecular flexibility index (Phi) is 6.22. The van der Waals surface area contributed by atoms with E-state index in [0.29, 0.717) is 4.21 Å². The minimum atomic E-state index is -3.36. The molecule has 1 unspecified atom stereocenters. The van der Waals surface area contributed by atoms with Crippen molar-refractivity contribution in [3.8, 4) is 0 Å². The second-order valence-electron chi connectivity index (χ2n) is 5.80. The lowest BCUT2D eigenvalue weighted by Gasteiger charge is -2.15. The van der Waals surface area contributed by atoms with Crippen molar-refractivity contribution < 1.29 is 8.42 Å². The van der Waals surface area contributed by atoms with E-state index in [-0.39, 0.29) is 6.04 Å². The normalized spacial score (nSPS) is 17.0. The molecule has 0 spiro atoms. The Bertz CT molecular complexity index is 536. The maximum Gasteiger partial charge on any atom is 0.250 e. The van der Waals surface area contributed by atoms with Crippen LogP contribution in [0.4, 0.5) is 0 Å². The summed E-state index contributed by atoms with van der Waals surface area (Å²) >= 11 is 1.36. The zero-order valence-electron chi connectivity index (χ0n) is 12.9. The van der Waals surface area contributed by atoms with Gasteiger partial charge in [0, 0.05) is 17.5 Å². The molecule has 0 radical (unpaired) electrons. The summed E-state index contributed by atoms with van der Waals surface area (Å²) in [6, 6.07) is 3.70. The molecule has 0 aliphatic heterocycles. The highest BCUT2D eigenvalue weighted by atomic mass is 32.2.